The highest BCUT2D eigenvalue weighted by Crippen LogP contribution is 2.18. The van der Waals surface area contributed by atoms with Gasteiger partial charge < -0.3 is 36.5 Å². The third-order valence-electron chi connectivity index (χ3n) is 4.78. The molecule has 1 unspecified atom stereocenters. The topological polar surface area (TPSA) is 204 Å². The second-order valence-corrected chi connectivity index (χ2v) is 7.66. The van der Waals surface area contributed by atoms with Crippen LogP contribution in [0.4, 0.5) is 21.0 Å². The molecule has 0 fully saturated rings. The Morgan fingerprint density at radius 3 is 2.32 bits per heavy atom. The Hall–Kier alpha value is -4.72. The number of carbonyl (C=O) groups excluding carboxylic acids is 4. The SMILES string of the molecule is CNCC(=O)NC(CCCNC(N)=O)C(=O)Nc1ccc(COC(=O)Oc2ccc([N+](=O)[O-])cc2)cc1. The fourth-order valence-electron chi connectivity index (χ4n) is 3.01. The molecule has 0 aliphatic heterocycles. The summed E-state index contributed by atoms with van der Waals surface area (Å²) in [6.07, 6.45) is -0.311. The fourth-order valence-corrected chi connectivity index (χ4v) is 3.01. The van der Waals surface area contributed by atoms with Crippen molar-refractivity contribution >= 4 is 35.4 Å². The molecule has 14 heteroatoms. The van der Waals surface area contributed by atoms with Crippen molar-refractivity contribution in [3.8, 4) is 5.75 Å². The number of nitro groups is 1. The summed E-state index contributed by atoms with van der Waals surface area (Å²) in [5.74, 6) is -0.715. The van der Waals surface area contributed by atoms with Gasteiger partial charge in [0.15, 0.2) is 0 Å². The molecule has 0 radical (unpaired) electrons. The molecule has 2 aromatic rings. The van der Waals surface area contributed by atoms with E-state index in [1.807, 2.05) is 0 Å². The number of anilines is 1. The number of nitro benzene ring substituents is 1. The summed E-state index contributed by atoms with van der Waals surface area (Å²) >= 11 is 0. The van der Waals surface area contributed by atoms with E-state index >= 15 is 0 Å². The van der Waals surface area contributed by atoms with Crippen LogP contribution in [0.5, 0.6) is 5.75 Å². The highest BCUT2D eigenvalue weighted by molar-refractivity contribution is 5.97. The molecule has 37 heavy (non-hydrogen) atoms. The minimum Gasteiger partial charge on any atom is -0.429 e. The third-order valence-corrected chi connectivity index (χ3v) is 4.78. The maximum atomic E-state index is 12.7. The van der Waals surface area contributed by atoms with Crippen LogP contribution in [0.1, 0.15) is 18.4 Å². The lowest BCUT2D eigenvalue weighted by atomic mass is 10.1. The van der Waals surface area contributed by atoms with Crippen molar-refractivity contribution in [2.45, 2.75) is 25.5 Å². The number of likely N-dealkylation sites (N-methyl/N-ethyl adjacent to an activating group) is 1. The normalized spacial score (nSPS) is 11.1. The number of amides is 4. The number of nitrogens with zero attached hydrogens (tertiary/aromatic N) is 1. The molecule has 2 rings (SSSR count). The van der Waals surface area contributed by atoms with Crippen molar-refractivity contribution in [3.63, 3.8) is 0 Å². The van der Waals surface area contributed by atoms with Gasteiger partial charge in [-0.25, -0.2) is 9.59 Å². The Kier molecular flexibility index (Phi) is 11.3. The first-order valence-electron chi connectivity index (χ1n) is 11.1. The summed E-state index contributed by atoms with van der Waals surface area (Å²) in [4.78, 5) is 57.5. The van der Waals surface area contributed by atoms with Crippen LogP contribution >= 0.6 is 0 Å². The number of benzene rings is 2. The van der Waals surface area contributed by atoms with E-state index in [9.17, 15) is 29.3 Å². The van der Waals surface area contributed by atoms with Crippen molar-refractivity contribution < 1.29 is 33.6 Å². The van der Waals surface area contributed by atoms with Gasteiger partial charge in [-0.3, -0.25) is 19.7 Å². The number of carbonyl (C=O) groups is 4. The molecule has 0 aromatic heterocycles. The van der Waals surface area contributed by atoms with E-state index in [4.69, 9.17) is 15.2 Å². The minimum atomic E-state index is -0.989. The summed E-state index contributed by atoms with van der Waals surface area (Å²) in [7, 11) is 1.60. The summed E-state index contributed by atoms with van der Waals surface area (Å²) in [5, 5.41) is 21.1. The summed E-state index contributed by atoms with van der Waals surface area (Å²) in [6, 6.07) is 9.88. The highest BCUT2D eigenvalue weighted by Gasteiger charge is 2.20. The molecular weight excluding hydrogens is 488 g/mol. The number of rotatable bonds is 13. The number of nitrogens with two attached hydrogens (primary N) is 1. The molecule has 0 spiro atoms. The van der Waals surface area contributed by atoms with Crippen LogP contribution in [0.3, 0.4) is 0 Å². The molecule has 0 aliphatic rings. The van der Waals surface area contributed by atoms with E-state index in [1.54, 1.807) is 31.3 Å². The van der Waals surface area contributed by atoms with Crippen molar-refractivity contribution in [3.05, 3.63) is 64.2 Å². The van der Waals surface area contributed by atoms with Crippen LogP contribution in [0.2, 0.25) is 0 Å². The number of non-ortho nitro benzene ring substituents is 1. The summed E-state index contributed by atoms with van der Waals surface area (Å²) < 4.78 is 10.00. The van der Waals surface area contributed by atoms with E-state index in [0.29, 0.717) is 17.7 Å². The molecule has 1 atom stereocenters. The predicted octanol–water partition coefficient (Wildman–Crippen LogP) is 1.40. The van der Waals surface area contributed by atoms with Gasteiger partial charge in [0.05, 0.1) is 11.5 Å². The van der Waals surface area contributed by atoms with Gasteiger partial charge in [-0.2, -0.15) is 0 Å². The molecule has 0 heterocycles. The van der Waals surface area contributed by atoms with Gasteiger partial charge in [-0.05, 0) is 49.7 Å². The molecule has 0 saturated carbocycles. The first kappa shape index (κ1) is 28.5. The summed E-state index contributed by atoms with van der Waals surface area (Å²) in [6.45, 7) is 0.169. The van der Waals surface area contributed by atoms with Gasteiger partial charge in [-0.15, -0.1) is 0 Å². The maximum absolute atomic E-state index is 12.7. The third kappa shape index (κ3) is 10.6. The average Bonchev–Trinajstić information content (AvgIpc) is 2.85. The van der Waals surface area contributed by atoms with Gasteiger partial charge in [0.25, 0.3) is 5.69 Å². The predicted molar refractivity (Wildman–Crippen MR) is 132 cm³/mol. The molecule has 0 aliphatic carbocycles. The lowest BCUT2D eigenvalue weighted by molar-refractivity contribution is -0.384. The zero-order chi connectivity index (χ0) is 27.2. The molecule has 4 amide bonds. The quantitative estimate of drug-likeness (QED) is 0.0856. The monoisotopic (exact) mass is 516 g/mol. The van der Waals surface area contributed by atoms with Crippen LogP contribution in [0.25, 0.3) is 0 Å². The van der Waals surface area contributed by atoms with E-state index < -0.39 is 29.1 Å². The molecule has 2 aromatic carbocycles. The Balaban J connectivity index is 1.87. The van der Waals surface area contributed by atoms with E-state index in [0.717, 1.165) is 0 Å². The Morgan fingerprint density at radius 1 is 1.05 bits per heavy atom. The number of ether oxygens (including phenoxy) is 2. The number of hydrogen-bond donors (Lipinski definition) is 5. The van der Waals surface area contributed by atoms with Crippen LogP contribution in [0, 0.1) is 10.1 Å². The standard InChI is InChI=1S/C23H28N6O8/c1-25-13-20(30)28-19(3-2-12-26-22(24)32)21(31)27-16-6-4-15(5-7-16)14-36-23(33)37-18-10-8-17(9-11-18)29(34)35/h4-11,19,25H,2-3,12-14H2,1H3,(H,27,31)(H,28,30)(H3,24,26,32). The minimum absolute atomic E-state index is 0.0324. The molecule has 0 saturated heterocycles. The molecule has 6 N–H and O–H groups in total. The van der Waals surface area contributed by atoms with Gasteiger partial charge >= 0.3 is 12.2 Å². The molecular formula is C23H28N6O8. The molecule has 14 nitrogen and oxygen atoms in total. The van der Waals surface area contributed by atoms with Gasteiger partial charge in [0.2, 0.25) is 11.8 Å². The average molecular weight is 517 g/mol. The lowest BCUT2D eigenvalue weighted by Crippen LogP contribution is -2.46. The number of primary amides is 1. The summed E-state index contributed by atoms with van der Waals surface area (Å²) in [5.41, 5.74) is 5.94. The van der Waals surface area contributed by atoms with Crippen molar-refractivity contribution in [2.75, 3.05) is 25.5 Å². The molecule has 0 bridgehead atoms. The van der Waals surface area contributed by atoms with Crippen molar-refractivity contribution in [2.24, 2.45) is 5.73 Å². The van der Waals surface area contributed by atoms with Crippen LogP contribution < -0.4 is 31.7 Å². The van der Waals surface area contributed by atoms with E-state index in [2.05, 4.69) is 21.3 Å². The Morgan fingerprint density at radius 2 is 1.73 bits per heavy atom. The first-order valence-corrected chi connectivity index (χ1v) is 11.1. The van der Waals surface area contributed by atoms with Gasteiger partial charge in [0.1, 0.15) is 18.4 Å². The Labute approximate surface area is 212 Å². The maximum Gasteiger partial charge on any atom is 0.514 e. The van der Waals surface area contributed by atoms with Gasteiger partial charge in [-0.1, -0.05) is 12.1 Å². The molecule has 198 valence electrons. The van der Waals surface area contributed by atoms with Crippen LogP contribution in [0.15, 0.2) is 48.5 Å². The number of urea groups is 1. The van der Waals surface area contributed by atoms with Crippen molar-refractivity contribution in [1.82, 2.24) is 16.0 Å². The zero-order valence-electron chi connectivity index (χ0n) is 20.0. The smallest absolute Gasteiger partial charge is 0.429 e. The van der Waals surface area contributed by atoms with E-state index in [1.165, 1.54) is 24.3 Å². The number of hydrogen-bond acceptors (Lipinski definition) is 9. The van der Waals surface area contributed by atoms with E-state index in [-0.39, 0.29) is 43.5 Å². The second kappa shape index (κ2) is 14.6. The zero-order valence-corrected chi connectivity index (χ0v) is 20.0. The lowest BCUT2D eigenvalue weighted by Gasteiger charge is -2.19. The number of nitrogens with one attached hydrogen (secondary N) is 4. The van der Waals surface area contributed by atoms with Crippen LogP contribution in [-0.4, -0.2) is 55.1 Å². The first-order chi connectivity index (χ1) is 17.7. The van der Waals surface area contributed by atoms with Crippen LogP contribution in [-0.2, 0) is 20.9 Å². The highest BCUT2D eigenvalue weighted by atomic mass is 16.7. The van der Waals surface area contributed by atoms with Gasteiger partial charge in [0, 0.05) is 24.4 Å². The fraction of sp³-hybridized carbons (Fsp3) is 0.304. The van der Waals surface area contributed by atoms with Crippen molar-refractivity contribution in [1.29, 1.82) is 0 Å². The second-order valence-electron chi connectivity index (χ2n) is 7.66. The largest absolute Gasteiger partial charge is 0.514 e. The Bertz CT molecular complexity index is 1090.